The zero-order valence-electron chi connectivity index (χ0n) is 32.9. The summed E-state index contributed by atoms with van der Waals surface area (Å²) in [6.45, 7) is 4.57. The SMILES string of the molecule is CCCCCCCCCCCCCCCC(=O)OCC(COPOCC([O-])[N+](C)(C)C)OC(=O)CCCCCCCCCCCCCCC. The van der Waals surface area contributed by atoms with E-state index in [1.807, 2.05) is 21.1 Å². The molecular formula is C40H80NO7P. The van der Waals surface area contributed by atoms with Crippen LogP contribution in [0.2, 0.25) is 0 Å². The summed E-state index contributed by atoms with van der Waals surface area (Å²) >= 11 is 0. The van der Waals surface area contributed by atoms with Gasteiger partial charge in [0, 0.05) is 19.1 Å². The lowest BCUT2D eigenvalue weighted by atomic mass is 10.0. The molecule has 0 radical (unpaired) electrons. The van der Waals surface area contributed by atoms with Crippen LogP contribution in [0.3, 0.4) is 0 Å². The van der Waals surface area contributed by atoms with E-state index in [9.17, 15) is 14.7 Å². The third-order valence-corrected chi connectivity index (χ3v) is 9.74. The highest BCUT2D eigenvalue weighted by Gasteiger charge is 2.18. The highest BCUT2D eigenvalue weighted by Crippen LogP contribution is 2.18. The molecule has 0 rings (SSSR count). The normalized spacial score (nSPS) is 13.3. The van der Waals surface area contributed by atoms with Gasteiger partial charge in [0.25, 0.3) is 0 Å². The maximum atomic E-state index is 12.6. The Balaban J connectivity index is 4.20. The zero-order chi connectivity index (χ0) is 36.3. The summed E-state index contributed by atoms with van der Waals surface area (Å²) < 4.78 is 22.4. The lowest BCUT2D eigenvalue weighted by Crippen LogP contribution is -2.55. The fourth-order valence-corrected chi connectivity index (χ4v) is 6.24. The van der Waals surface area contributed by atoms with Crippen LogP contribution in [-0.2, 0) is 28.1 Å². The Morgan fingerprint density at radius 2 is 0.857 bits per heavy atom. The van der Waals surface area contributed by atoms with Crippen LogP contribution >= 0.6 is 9.03 Å². The maximum absolute atomic E-state index is 12.6. The lowest BCUT2D eigenvalue weighted by Gasteiger charge is -2.38. The van der Waals surface area contributed by atoms with Gasteiger partial charge in [0.2, 0.25) is 0 Å². The monoisotopic (exact) mass is 718 g/mol. The molecule has 3 unspecified atom stereocenters. The molecule has 0 aromatic heterocycles. The van der Waals surface area contributed by atoms with Gasteiger partial charge in [0.05, 0.1) is 34.4 Å². The molecule has 0 aromatic carbocycles. The summed E-state index contributed by atoms with van der Waals surface area (Å²) in [5.41, 5.74) is 0. The summed E-state index contributed by atoms with van der Waals surface area (Å²) in [6.07, 6.45) is 31.7. The van der Waals surface area contributed by atoms with Crippen molar-refractivity contribution in [3.63, 3.8) is 0 Å². The van der Waals surface area contributed by atoms with E-state index in [1.165, 1.54) is 128 Å². The molecule has 3 atom stereocenters. The summed E-state index contributed by atoms with van der Waals surface area (Å²) in [6, 6.07) is 0. The Morgan fingerprint density at radius 3 is 1.24 bits per heavy atom. The minimum Gasteiger partial charge on any atom is -0.804 e. The predicted molar refractivity (Wildman–Crippen MR) is 204 cm³/mol. The van der Waals surface area contributed by atoms with Crippen LogP contribution < -0.4 is 5.11 Å². The van der Waals surface area contributed by atoms with E-state index < -0.39 is 12.3 Å². The Morgan fingerprint density at radius 1 is 0.510 bits per heavy atom. The molecule has 0 aliphatic rings. The number of hydrogen-bond donors (Lipinski definition) is 0. The molecule has 0 bridgehead atoms. The van der Waals surface area contributed by atoms with E-state index in [4.69, 9.17) is 18.5 Å². The lowest BCUT2D eigenvalue weighted by molar-refractivity contribution is -0.969. The summed E-state index contributed by atoms with van der Waals surface area (Å²) in [7, 11) is 5.12. The predicted octanol–water partition coefficient (Wildman–Crippen LogP) is 10.3. The average molecular weight is 718 g/mol. The van der Waals surface area contributed by atoms with Gasteiger partial charge in [-0.2, -0.15) is 0 Å². The minimum atomic E-state index is -0.920. The highest BCUT2D eigenvalue weighted by atomic mass is 31.1. The molecule has 0 spiro atoms. The molecular weight excluding hydrogens is 637 g/mol. The van der Waals surface area contributed by atoms with Crippen molar-refractivity contribution in [3.8, 4) is 0 Å². The van der Waals surface area contributed by atoms with Gasteiger partial charge in [-0.05, 0) is 12.8 Å². The minimum absolute atomic E-state index is 0.0273. The highest BCUT2D eigenvalue weighted by molar-refractivity contribution is 7.26. The molecule has 0 fully saturated rings. The second-order valence-corrected chi connectivity index (χ2v) is 15.8. The number of nitrogens with zero attached hydrogens (tertiary/aromatic N) is 1. The van der Waals surface area contributed by atoms with E-state index in [2.05, 4.69) is 13.8 Å². The van der Waals surface area contributed by atoms with Gasteiger partial charge in [-0.1, -0.05) is 168 Å². The molecule has 292 valence electrons. The number of carbonyl (C=O) groups is 2. The summed E-state index contributed by atoms with van der Waals surface area (Å²) in [5, 5.41) is 12.1. The van der Waals surface area contributed by atoms with Crippen molar-refractivity contribution < 1.29 is 37.7 Å². The van der Waals surface area contributed by atoms with Crippen molar-refractivity contribution in [2.75, 3.05) is 41.0 Å². The largest absolute Gasteiger partial charge is 0.804 e. The molecule has 0 aromatic rings. The third kappa shape index (κ3) is 35.4. The topological polar surface area (TPSA) is 94.1 Å². The van der Waals surface area contributed by atoms with Crippen molar-refractivity contribution in [1.82, 2.24) is 0 Å². The number of quaternary nitrogens is 1. The molecule has 8 nitrogen and oxygen atoms in total. The average Bonchev–Trinajstić information content (AvgIpc) is 3.07. The fraction of sp³-hybridized carbons (Fsp3) is 0.950. The first-order valence-electron chi connectivity index (χ1n) is 20.5. The van der Waals surface area contributed by atoms with Gasteiger partial charge in [0.1, 0.15) is 6.61 Å². The van der Waals surface area contributed by atoms with Gasteiger partial charge in [-0.3, -0.25) is 9.59 Å². The van der Waals surface area contributed by atoms with Crippen LogP contribution in [0.5, 0.6) is 0 Å². The van der Waals surface area contributed by atoms with Crippen LogP contribution in [0.25, 0.3) is 0 Å². The number of unbranched alkanes of at least 4 members (excludes halogenated alkanes) is 24. The quantitative estimate of drug-likeness (QED) is 0.0206. The standard InChI is InChI=1S/C40H80NO7P/c1-6-8-10-12-14-16-18-20-22-24-26-28-30-32-39(43)45-34-37(35-46-49-47-36-38(42)41(3,4)5)48-40(44)33-31-29-27-25-23-21-19-17-15-13-11-9-7-2/h37-38,49H,6-36H2,1-5H3. The van der Waals surface area contributed by atoms with Crippen molar-refractivity contribution in [2.24, 2.45) is 0 Å². The first-order valence-corrected chi connectivity index (χ1v) is 21.3. The Bertz CT molecular complexity index is 734. The zero-order valence-corrected chi connectivity index (χ0v) is 33.9. The molecule has 9 heteroatoms. The van der Waals surface area contributed by atoms with E-state index in [0.717, 1.165) is 38.5 Å². The Labute approximate surface area is 305 Å². The van der Waals surface area contributed by atoms with Crippen molar-refractivity contribution in [3.05, 3.63) is 0 Å². The van der Waals surface area contributed by atoms with Gasteiger partial charge in [0.15, 0.2) is 15.1 Å². The third-order valence-electron chi connectivity index (χ3n) is 9.17. The molecule has 0 heterocycles. The second kappa shape index (κ2) is 35.6. The van der Waals surface area contributed by atoms with Gasteiger partial charge in [-0.15, -0.1) is 0 Å². The molecule has 0 N–H and O–H groups in total. The van der Waals surface area contributed by atoms with Gasteiger partial charge >= 0.3 is 11.9 Å². The number of likely N-dealkylation sites (N-methyl/N-ethyl adjacent to an activating group) is 1. The van der Waals surface area contributed by atoms with Crippen molar-refractivity contribution in [2.45, 2.75) is 206 Å². The molecule has 49 heavy (non-hydrogen) atoms. The van der Waals surface area contributed by atoms with Gasteiger partial charge < -0.3 is 28.1 Å². The first-order chi connectivity index (χ1) is 23.7. The first kappa shape index (κ1) is 48.2. The maximum Gasteiger partial charge on any atom is 0.306 e. The number of rotatable bonds is 38. The second-order valence-electron chi connectivity index (χ2n) is 15.1. The van der Waals surface area contributed by atoms with Crippen molar-refractivity contribution >= 4 is 21.0 Å². The van der Waals surface area contributed by atoms with Crippen LogP contribution in [0.4, 0.5) is 0 Å². The van der Waals surface area contributed by atoms with E-state index in [1.54, 1.807) is 0 Å². The molecule has 0 aliphatic carbocycles. The summed E-state index contributed by atoms with van der Waals surface area (Å²) in [4.78, 5) is 25.0. The van der Waals surface area contributed by atoms with Crippen LogP contribution in [0.15, 0.2) is 0 Å². The number of hydrogen-bond acceptors (Lipinski definition) is 7. The van der Waals surface area contributed by atoms with E-state index >= 15 is 0 Å². The van der Waals surface area contributed by atoms with Crippen LogP contribution in [-0.4, -0.2) is 69.7 Å². The number of carbonyl (C=O) groups excluding carboxylic acids is 2. The molecule has 0 saturated heterocycles. The summed E-state index contributed by atoms with van der Waals surface area (Å²) in [5.74, 6) is -0.561. The van der Waals surface area contributed by atoms with Crippen LogP contribution in [0, 0.1) is 0 Å². The molecule has 0 saturated carbocycles. The van der Waals surface area contributed by atoms with Crippen molar-refractivity contribution in [1.29, 1.82) is 0 Å². The Kier molecular flexibility index (Phi) is 35.0. The van der Waals surface area contributed by atoms with E-state index in [0.29, 0.717) is 12.8 Å². The fourth-order valence-electron chi connectivity index (χ4n) is 5.69. The smallest absolute Gasteiger partial charge is 0.306 e. The molecule has 0 amide bonds. The van der Waals surface area contributed by atoms with Gasteiger partial charge in [-0.25, -0.2) is 0 Å². The van der Waals surface area contributed by atoms with Crippen LogP contribution in [0.1, 0.15) is 194 Å². The molecule has 0 aliphatic heterocycles. The number of esters is 2. The number of ether oxygens (including phenoxy) is 2. The van der Waals surface area contributed by atoms with E-state index in [-0.39, 0.29) is 45.3 Å². The Hall–Kier alpha value is -0.790.